The van der Waals surface area contributed by atoms with Crippen LogP contribution in [-0.2, 0) is 6.54 Å². The van der Waals surface area contributed by atoms with E-state index >= 15 is 0 Å². The van der Waals surface area contributed by atoms with Crippen LogP contribution in [0.2, 0.25) is 0 Å². The smallest absolute Gasteiger partial charge is 0.216 e. The van der Waals surface area contributed by atoms with Crippen molar-refractivity contribution in [3.63, 3.8) is 0 Å². The maximum absolute atomic E-state index is 5.93. The first-order valence-electron chi connectivity index (χ1n) is 7.98. The van der Waals surface area contributed by atoms with Gasteiger partial charge in [-0.15, -0.1) is 24.0 Å². The molecule has 0 radical (unpaired) electrons. The number of anilines is 1. The number of methoxy groups -OCH3 is 2. The minimum Gasteiger partial charge on any atom is -0.493 e. The highest BCUT2D eigenvalue weighted by Gasteiger charge is 2.07. The Morgan fingerprint density at radius 1 is 1.11 bits per heavy atom. The lowest BCUT2D eigenvalue weighted by atomic mass is 10.2. The normalized spacial score (nSPS) is 10.8. The molecule has 0 fully saturated rings. The maximum atomic E-state index is 5.93. The van der Waals surface area contributed by atoms with Crippen LogP contribution in [0.4, 0.5) is 5.69 Å². The second kappa shape index (κ2) is 9.81. The summed E-state index contributed by atoms with van der Waals surface area (Å²) < 4.78 is 16.2. The van der Waals surface area contributed by atoms with Crippen LogP contribution in [0.1, 0.15) is 5.89 Å². The molecule has 0 unspecified atom stereocenters. The van der Waals surface area contributed by atoms with Crippen molar-refractivity contribution < 1.29 is 13.9 Å². The maximum Gasteiger partial charge on any atom is 0.216 e. The van der Waals surface area contributed by atoms with Crippen LogP contribution in [-0.4, -0.2) is 25.2 Å². The van der Waals surface area contributed by atoms with Crippen LogP contribution in [0.5, 0.6) is 11.5 Å². The van der Waals surface area contributed by atoms with Crippen LogP contribution in [0.25, 0.3) is 11.3 Å². The number of halogens is 1. The molecule has 0 aliphatic rings. The Morgan fingerprint density at radius 3 is 2.56 bits per heavy atom. The third-order valence-corrected chi connectivity index (χ3v) is 3.65. The Balaban J connectivity index is 0.00000261. The first kappa shape index (κ1) is 20.6. The van der Waals surface area contributed by atoms with Crippen molar-refractivity contribution in [1.82, 2.24) is 4.98 Å². The van der Waals surface area contributed by atoms with Crippen molar-refractivity contribution in [3.05, 3.63) is 60.6 Å². The van der Waals surface area contributed by atoms with E-state index in [1.807, 2.05) is 36.4 Å². The predicted molar refractivity (Wildman–Crippen MR) is 116 cm³/mol. The highest BCUT2D eigenvalue weighted by molar-refractivity contribution is 14.0. The van der Waals surface area contributed by atoms with Crippen molar-refractivity contribution in [2.24, 2.45) is 10.7 Å². The van der Waals surface area contributed by atoms with E-state index in [0.29, 0.717) is 23.1 Å². The number of guanidine groups is 1. The van der Waals surface area contributed by atoms with Gasteiger partial charge in [0.25, 0.3) is 0 Å². The highest BCUT2D eigenvalue weighted by Crippen LogP contribution is 2.29. The summed E-state index contributed by atoms with van der Waals surface area (Å²) in [7, 11) is 3.16. The highest BCUT2D eigenvalue weighted by atomic mass is 127. The van der Waals surface area contributed by atoms with Gasteiger partial charge in [0.05, 0.1) is 20.4 Å². The van der Waals surface area contributed by atoms with E-state index in [4.69, 9.17) is 19.6 Å². The minimum atomic E-state index is 0. The summed E-state index contributed by atoms with van der Waals surface area (Å²) in [4.78, 5) is 8.48. The van der Waals surface area contributed by atoms with Crippen molar-refractivity contribution in [2.75, 3.05) is 19.5 Å². The Bertz CT molecular complexity index is 897. The summed E-state index contributed by atoms with van der Waals surface area (Å²) >= 11 is 0. The van der Waals surface area contributed by atoms with Crippen LogP contribution in [0.15, 0.2) is 64.1 Å². The number of ether oxygens (including phenoxy) is 2. The molecule has 1 aromatic heterocycles. The molecule has 0 saturated carbocycles. The molecule has 0 bridgehead atoms. The average molecular weight is 480 g/mol. The third kappa shape index (κ3) is 5.36. The zero-order valence-electron chi connectivity index (χ0n) is 15.0. The number of oxazole rings is 1. The number of nitrogens with zero attached hydrogens (tertiary/aromatic N) is 2. The first-order chi connectivity index (χ1) is 12.7. The van der Waals surface area contributed by atoms with E-state index in [2.05, 4.69) is 15.3 Å². The van der Waals surface area contributed by atoms with Crippen molar-refractivity contribution >= 4 is 35.6 Å². The lowest BCUT2D eigenvalue weighted by molar-refractivity contribution is 0.355. The molecule has 7 nitrogen and oxygen atoms in total. The molecule has 3 rings (SSSR count). The van der Waals surface area contributed by atoms with E-state index < -0.39 is 0 Å². The van der Waals surface area contributed by atoms with E-state index in [1.165, 1.54) is 0 Å². The molecule has 8 heteroatoms. The summed E-state index contributed by atoms with van der Waals surface area (Å²) in [5, 5.41) is 3.00. The molecule has 142 valence electrons. The summed E-state index contributed by atoms with van der Waals surface area (Å²) in [6, 6.07) is 15.1. The number of rotatable bonds is 6. The first-order valence-corrected chi connectivity index (χ1v) is 7.98. The van der Waals surface area contributed by atoms with Gasteiger partial charge >= 0.3 is 0 Å². The largest absolute Gasteiger partial charge is 0.493 e. The van der Waals surface area contributed by atoms with Gasteiger partial charge in [-0.3, -0.25) is 0 Å². The fourth-order valence-corrected chi connectivity index (χ4v) is 2.37. The molecule has 27 heavy (non-hydrogen) atoms. The van der Waals surface area contributed by atoms with Crippen LogP contribution < -0.4 is 20.5 Å². The lowest BCUT2D eigenvalue weighted by Gasteiger charge is -2.10. The fraction of sp³-hybridized carbons (Fsp3) is 0.158. The van der Waals surface area contributed by atoms with E-state index in [1.54, 1.807) is 32.5 Å². The molecule has 2 aromatic carbocycles. The van der Waals surface area contributed by atoms with Gasteiger partial charge < -0.3 is 24.9 Å². The molecule has 3 N–H and O–H groups in total. The van der Waals surface area contributed by atoms with E-state index in [-0.39, 0.29) is 36.5 Å². The number of aliphatic imine (C=N–C) groups is 1. The second-order valence-electron chi connectivity index (χ2n) is 5.38. The molecule has 0 aliphatic heterocycles. The number of benzene rings is 2. The van der Waals surface area contributed by atoms with Crippen LogP contribution >= 0.6 is 24.0 Å². The molecule has 0 amide bonds. The van der Waals surface area contributed by atoms with Gasteiger partial charge in [-0.1, -0.05) is 30.3 Å². The Labute approximate surface area is 174 Å². The predicted octanol–water partition coefficient (Wildman–Crippen LogP) is 3.90. The minimum absolute atomic E-state index is 0. The quantitative estimate of drug-likeness (QED) is 0.316. The second-order valence-corrected chi connectivity index (χ2v) is 5.38. The van der Waals surface area contributed by atoms with Crippen LogP contribution in [0.3, 0.4) is 0 Å². The molecule has 0 saturated heterocycles. The SMILES string of the molecule is COc1ccc(NC(N)=NCc2ncc(-c3ccccc3)o2)cc1OC.I. The fourth-order valence-electron chi connectivity index (χ4n) is 2.37. The number of nitrogens with two attached hydrogens (primary N) is 1. The van der Waals surface area contributed by atoms with Crippen molar-refractivity contribution in [1.29, 1.82) is 0 Å². The van der Waals surface area contributed by atoms with Crippen molar-refractivity contribution in [2.45, 2.75) is 6.54 Å². The molecule has 0 spiro atoms. The van der Waals surface area contributed by atoms with Gasteiger partial charge in [0.2, 0.25) is 5.89 Å². The van der Waals surface area contributed by atoms with E-state index in [9.17, 15) is 0 Å². The van der Waals surface area contributed by atoms with Crippen LogP contribution in [0, 0.1) is 0 Å². The van der Waals surface area contributed by atoms with Gasteiger partial charge in [0.15, 0.2) is 23.2 Å². The third-order valence-electron chi connectivity index (χ3n) is 3.65. The van der Waals surface area contributed by atoms with Gasteiger partial charge in [-0.25, -0.2) is 9.98 Å². The summed E-state index contributed by atoms with van der Waals surface area (Å²) in [6.45, 7) is 0.235. The average Bonchev–Trinajstić information content (AvgIpc) is 3.16. The monoisotopic (exact) mass is 480 g/mol. The molecule has 3 aromatic rings. The number of hydrogen-bond acceptors (Lipinski definition) is 5. The molecule has 0 atom stereocenters. The van der Waals surface area contributed by atoms with Gasteiger partial charge in [0.1, 0.15) is 6.54 Å². The molecule has 1 heterocycles. The number of hydrogen-bond donors (Lipinski definition) is 2. The number of nitrogens with one attached hydrogen (secondary N) is 1. The summed E-state index contributed by atoms with van der Waals surface area (Å²) in [5.74, 6) is 2.67. The standard InChI is InChI=1S/C19H20N4O3.HI/c1-24-15-9-8-14(10-16(15)25-2)23-19(20)22-12-18-21-11-17(26-18)13-6-4-3-5-7-13;/h3-11H,12H2,1-2H3,(H3,20,22,23);1H. The topological polar surface area (TPSA) is 94.9 Å². The zero-order valence-corrected chi connectivity index (χ0v) is 17.3. The Hall–Kier alpha value is -2.75. The summed E-state index contributed by atoms with van der Waals surface area (Å²) in [5.41, 5.74) is 7.63. The van der Waals surface area contributed by atoms with Crippen molar-refractivity contribution in [3.8, 4) is 22.8 Å². The van der Waals surface area contributed by atoms with Gasteiger partial charge in [-0.05, 0) is 12.1 Å². The number of aromatic nitrogens is 1. The van der Waals surface area contributed by atoms with Gasteiger partial charge in [0, 0.05) is 17.3 Å². The Morgan fingerprint density at radius 2 is 1.85 bits per heavy atom. The zero-order chi connectivity index (χ0) is 18.4. The summed E-state index contributed by atoms with van der Waals surface area (Å²) in [6.07, 6.45) is 1.68. The van der Waals surface area contributed by atoms with E-state index in [0.717, 1.165) is 11.3 Å². The molecular formula is C19H21IN4O3. The molecular weight excluding hydrogens is 459 g/mol. The lowest BCUT2D eigenvalue weighted by Crippen LogP contribution is -2.22. The van der Waals surface area contributed by atoms with Gasteiger partial charge in [-0.2, -0.15) is 0 Å². The Kier molecular flexibility index (Phi) is 7.47. The molecule has 0 aliphatic carbocycles.